The molecule has 1 amide bonds. The zero-order valence-electron chi connectivity index (χ0n) is 7.92. The van der Waals surface area contributed by atoms with E-state index < -0.39 is 0 Å². The Hall–Kier alpha value is -0.610. The van der Waals surface area contributed by atoms with Gasteiger partial charge in [0.15, 0.2) is 0 Å². The van der Waals surface area contributed by atoms with Crippen molar-refractivity contribution in [2.24, 2.45) is 0 Å². The molecule has 0 spiro atoms. The minimum absolute atomic E-state index is 0.0298. The van der Waals surface area contributed by atoms with Crippen LogP contribution in [-0.2, 0) is 4.79 Å². The van der Waals surface area contributed by atoms with Gasteiger partial charge in [-0.3, -0.25) is 4.79 Å². The predicted molar refractivity (Wildman–Crippen MR) is 47.8 cm³/mol. The van der Waals surface area contributed by atoms with Crippen molar-refractivity contribution in [1.29, 1.82) is 0 Å². The lowest BCUT2D eigenvalue weighted by molar-refractivity contribution is -0.122. The van der Waals surface area contributed by atoms with Crippen molar-refractivity contribution in [3.63, 3.8) is 0 Å². The first kappa shape index (κ1) is 11.4. The Labute approximate surface area is 73.3 Å². The maximum absolute atomic E-state index is 11.1. The molecule has 0 aromatic rings. The van der Waals surface area contributed by atoms with Crippen molar-refractivity contribution in [1.82, 2.24) is 10.6 Å². The number of hydrogen-bond acceptors (Lipinski definition) is 3. The molecule has 0 heterocycles. The van der Waals surface area contributed by atoms with Gasteiger partial charge in [-0.05, 0) is 20.8 Å². The van der Waals surface area contributed by atoms with Gasteiger partial charge in [0.05, 0.1) is 12.6 Å². The first-order chi connectivity index (χ1) is 5.61. The lowest BCUT2D eigenvalue weighted by atomic mass is 10.2. The van der Waals surface area contributed by atoms with Crippen molar-refractivity contribution >= 4 is 5.91 Å². The second-order valence-electron chi connectivity index (χ2n) is 2.87. The van der Waals surface area contributed by atoms with Gasteiger partial charge in [0.1, 0.15) is 0 Å². The van der Waals surface area contributed by atoms with Crippen molar-refractivity contribution in [2.45, 2.75) is 32.9 Å². The summed E-state index contributed by atoms with van der Waals surface area (Å²) >= 11 is 0. The summed E-state index contributed by atoms with van der Waals surface area (Å²) in [4.78, 5) is 11.1. The monoisotopic (exact) mass is 174 g/mol. The Morgan fingerprint density at radius 3 is 2.50 bits per heavy atom. The van der Waals surface area contributed by atoms with Crippen molar-refractivity contribution < 1.29 is 9.90 Å². The van der Waals surface area contributed by atoms with E-state index in [-0.39, 0.29) is 24.6 Å². The van der Waals surface area contributed by atoms with E-state index in [2.05, 4.69) is 10.6 Å². The summed E-state index contributed by atoms with van der Waals surface area (Å²) < 4.78 is 0. The molecule has 4 heteroatoms. The lowest BCUT2D eigenvalue weighted by Crippen LogP contribution is -2.46. The second kappa shape index (κ2) is 5.97. The molecule has 0 aliphatic carbocycles. The zero-order chi connectivity index (χ0) is 9.56. The molecule has 3 N–H and O–H groups in total. The highest BCUT2D eigenvalue weighted by molar-refractivity contribution is 5.81. The fraction of sp³-hybridized carbons (Fsp3) is 0.875. The maximum Gasteiger partial charge on any atom is 0.236 e. The lowest BCUT2D eigenvalue weighted by Gasteiger charge is -2.17. The maximum atomic E-state index is 11.1. The van der Waals surface area contributed by atoms with E-state index in [1.54, 1.807) is 6.92 Å². The summed E-state index contributed by atoms with van der Waals surface area (Å²) in [6, 6.07) is -0.283. The number of likely N-dealkylation sites (N-methyl/N-ethyl adjacent to an activating group) is 1. The molecule has 0 saturated heterocycles. The largest absolute Gasteiger partial charge is 0.395 e. The first-order valence-electron chi connectivity index (χ1n) is 4.26. The number of carbonyl (C=O) groups excluding carboxylic acids is 1. The van der Waals surface area contributed by atoms with Crippen LogP contribution in [0.5, 0.6) is 0 Å². The van der Waals surface area contributed by atoms with Crippen LogP contribution < -0.4 is 10.6 Å². The molecule has 2 unspecified atom stereocenters. The molecular weight excluding hydrogens is 156 g/mol. The summed E-state index contributed by atoms with van der Waals surface area (Å²) in [5, 5.41) is 14.3. The molecule has 0 bridgehead atoms. The van der Waals surface area contributed by atoms with E-state index >= 15 is 0 Å². The average molecular weight is 174 g/mol. The number of rotatable bonds is 5. The minimum atomic E-state index is -0.243. The summed E-state index contributed by atoms with van der Waals surface area (Å²) in [5.41, 5.74) is 0. The Balaban J connectivity index is 3.70. The molecule has 0 aromatic heterocycles. The molecule has 4 nitrogen and oxygen atoms in total. The fourth-order valence-electron chi connectivity index (χ4n) is 0.882. The molecule has 0 saturated carbocycles. The van der Waals surface area contributed by atoms with Gasteiger partial charge < -0.3 is 15.7 Å². The van der Waals surface area contributed by atoms with Crippen LogP contribution in [0.1, 0.15) is 20.8 Å². The van der Waals surface area contributed by atoms with Crippen LogP contribution in [0, 0.1) is 0 Å². The van der Waals surface area contributed by atoms with E-state index in [0.29, 0.717) is 6.54 Å². The quantitative estimate of drug-likeness (QED) is 0.525. The van der Waals surface area contributed by atoms with Crippen LogP contribution in [0.2, 0.25) is 0 Å². The SMILES string of the molecule is CCNC(=O)C(C)NC(C)CO. The third-order valence-corrected chi connectivity index (χ3v) is 1.55. The van der Waals surface area contributed by atoms with Crippen molar-refractivity contribution in [2.75, 3.05) is 13.2 Å². The number of hydrogen-bond donors (Lipinski definition) is 3. The van der Waals surface area contributed by atoms with Crippen molar-refractivity contribution in [3.8, 4) is 0 Å². The minimum Gasteiger partial charge on any atom is -0.395 e. The van der Waals surface area contributed by atoms with Gasteiger partial charge in [-0.1, -0.05) is 0 Å². The third kappa shape index (κ3) is 4.31. The standard InChI is InChI=1S/C8H18N2O2/c1-4-9-8(12)7(3)10-6(2)5-11/h6-7,10-11H,4-5H2,1-3H3,(H,9,12). The predicted octanol–water partition coefficient (Wildman–Crippen LogP) is -0.519. The third-order valence-electron chi connectivity index (χ3n) is 1.55. The number of amides is 1. The highest BCUT2D eigenvalue weighted by atomic mass is 16.3. The number of carbonyl (C=O) groups is 1. The van der Waals surface area contributed by atoms with Gasteiger partial charge in [-0.15, -0.1) is 0 Å². The molecule has 0 rings (SSSR count). The number of nitrogens with one attached hydrogen (secondary N) is 2. The van der Waals surface area contributed by atoms with Crippen LogP contribution in [0.3, 0.4) is 0 Å². The van der Waals surface area contributed by atoms with E-state index in [1.165, 1.54) is 0 Å². The van der Waals surface area contributed by atoms with E-state index in [4.69, 9.17) is 5.11 Å². The normalized spacial score (nSPS) is 15.3. The highest BCUT2D eigenvalue weighted by Crippen LogP contribution is 1.86. The van der Waals surface area contributed by atoms with Crippen LogP contribution >= 0.6 is 0 Å². The van der Waals surface area contributed by atoms with E-state index in [9.17, 15) is 4.79 Å². The fourth-order valence-corrected chi connectivity index (χ4v) is 0.882. The Morgan fingerprint density at radius 1 is 1.50 bits per heavy atom. The molecule has 0 radical (unpaired) electrons. The van der Waals surface area contributed by atoms with Crippen LogP contribution in [0.25, 0.3) is 0 Å². The molecule has 0 fully saturated rings. The topological polar surface area (TPSA) is 61.4 Å². The summed E-state index contributed by atoms with van der Waals surface area (Å²) in [6.07, 6.45) is 0. The van der Waals surface area contributed by atoms with E-state index in [1.807, 2.05) is 13.8 Å². The molecule has 0 aliphatic heterocycles. The van der Waals surface area contributed by atoms with Gasteiger partial charge in [-0.25, -0.2) is 0 Å². The van der Waals surface area contributed by atoms with Crippen molar-refractivity contribution in [3.05, 3.63) is 0 Å². The zero-order valence-corrected chi connectivity index (χ0v) is 7.92. The smallest absolute Gasteiger partial charge is 0.236 e. The van der Waals surface area contributed by atoms with E-state index in [0.717, 1.165) is 0 Å². The summed E-state index contributed by atoms with van der Waals surface area (Å²) in [6.45, 7) is 6.16. The average Bonchev–Trinajstić information content (AvgIpc) is 2.04. The molecule has 0 aliphatic rings. The van der Waals surface area contributed by atoms with Gasteiger partial charge in [0.2, 0.25) is 5.91 Å². The Morgan fingerprint density at radius 2 is 2.08 bits per heavy atom. The summed E-state index contributed by atoms with van der Waals surface area (Å²) in [5.74, 6) is -0.0298. The Bertz CT molecular complexity index is 139. The van der Waals surface area contributed by atoms with Crippen LogP contribution in [0.4, 0.5) is 0 Å². The second-order valence-corrected chi connectivity index (χ2v) is 2.87. The molecule has 12 heavy (non-hydrogen) atoms. The Kier molecular flexibility index (Phi) is 5.66. The van der Waals surface area contributed by atoms with Gasteiger partial charge in [0, 0.05) is 12.6 Å². The van der Waals surface area contributed by atoms with Gasteiger partial charge >= 0.3 is 0 Å². The molecule has 0 aromatic carbocycles. The molecule has 2 atom stereocenters. The highest BCUT2D eigenvalue weighted by Gasteiger charge is 2.12. The van der Waals surface area contributed by atoms with Crippen LogP contribution in [0.15, 0.2) is 0 Å². The number of aliphatic hydroxyl groups is 1. The summed E-state index contributed by atoms with van der Waals surface area (Å²) in [7, 11) is 0. The first-order valence-corrected chi connectivity index (χ1v) is 4.26. The van der Waals surface area contributed by atoms with Gasteiger partial charge in [0.25, 0.3) is 0 Å². The van der Waals surface area contributed by atoms with Crippen LogP contribution in [-0.4, -0.2) is 36.2 Å². The molecular formula is C8H18N2O2. The number of aliphatic hydroxyl groups excluding tert-OH is 1. The molecule has 72 valence electrons. The van der Waals surface area contributed by atoms with Gasteiger partial charge in [-0.2, -0.15) is 0 Å².